The highest BCUT2D eigenvalue weighted by atomic mass is 19.4. The lowest BCUT2D eigenvalue weighted by molar-refractivity contribution is -0.958. The van der Waals surface area contributed by atoms with Gasteiger partial charge in [0, 0.05) is 24.3 Å². The summed E-state index contributed by atoms with van der Waals surface area (Å²) in [4.78, 5) is 1.69. The molecule has 24 heavy (non-hydrogen) atoms. The average molecular weight is 342 g/mol. The summed E-state index contributed by atoms with van der Waals surface area (Å²) in [5, 5.41) is 2.26. The highest BCUT2D eigenvalue weighted by Crippen LogP contribution is 2.27. The van der Waals surface area contributed by atoms with Gasteiger partial charge in [0.05, 0.1) is 13.1 Å². The number of benzene rings is 1. The fourth-order valence-corrected chi connectivity index (χ4v) is 4.17. The number of hydrogen-bond donors (Lipinski definition) is 2. The van der Waals surface area contributed by atoms with Gasteiger partial charge in [-0.2, -0.15) is 0 Å². The molecule has 1 aromatic carbocycles. The molecule has 4 atom stereocenters. The maximum Gasteiger partial charge on any atom is 0.573 e. The summed E-state index contributed by atoms with van der Waals surface area (Å²) in [5.74, 6) is 1.30. The van der Waals surface area contributed by atoms with Crippen LogP contribution < -0.4 is 15.0 Å². The Kier molecular flexibility index (Phi) is 5.15. The van der Waals surface area contributed by atoms with Crippen molar-refractivity contribution in [3.05, 3.63) is 42.5 Å². The molecular weight excluding hydrogens is 317 g/mol. The number of piperidine rings is 3. The van der Waals surface area contributed by atoms with E-state index in [2.05, 4.69) is 22.7 Å². The minimum absolute atomic E-state index is 0.165. The number of ether oxygens (including phenoxy) is 1. The number of quaternary nitrogens is 2. The van der Waals surface area contributed by atoms with Gasteiger partial charge >= 0.3 is 6.36 Å². The molecule has 1 aromatic rings. The van der Waals surface area contributed by atoms with E-state index in [0.717, 1.165) is 24.6 Å². The number of rotatable bonds is 6. The van der Waals surface area contributed by atoms with Gasteiger partial charge in [-0.1, -0.05) is 6.08 Å². The highest BCUT2D eigenvalue weighted by molar-refractivity contribution is 5.26. The zero-order valence-electron chi connectivity index (χ0n) is 13.7. The Balaban J connectivity index is 1.45. The van der Waals surface area contributed by atoms with Crippen LogP contribution in [0.4, 0.5) is 13.2 Å². The molecule has 3 heterocycles. The molecule has 6 heteroatoms. The van der Waals surface area contributed by atoms with Crippen LogP contribution in [0.15, 0.2) is 36.9 Å². The Bertz CT molecular complexity index is 558. The molecule has 2 bridgehead atoms. The molecule has 3 nitrogen and oxygen atoms in total. The predicted molar refractivity (Wildman–Crippen MR) is 84.5 cm³/mol. The first kappa shape index (κ1) is 17.3. The van der Waals surface area contributed by atoms with Gasteiger partial charge in [-0.3, -0.25) is 0 Å². The SMILES string of the molecule is C=C[C@H]1C[NH+]2CC[C@H]1C[C@@H]2C[NH2+]Cc1ccc(OC(F)(F)F)cc1. The zero-order valence-corrected chi connectivity index (χ0v) is 13.7. The molecule has 0 spiro atoms. The van der Waals surface area contributed by atoms with Crippen molar-refractivity contribution in [2.75, 3.05) is 19.6 Å². The second kappa shape index (κ2) is 7.15. The third kappa shape index (κ3) is 4.30. The van der Waals surface area contributed by atoms with E-state index in [-0.39, 0.29) is 5.75 Å². The fourth-order valence-electron chi connectivity index (χ4n) is 4.17. The maximum absolute atomic E-state index is 12.1. The van der Waals surface area contributed by atoms with Gasteiger partial charge in [0.2, 0.25) is 0 Å². The predicted octanol–water partition coefficient (Wildman–Crippen LogP) is 1.13. The lowest BCUT2D eigenvalue weighted by Gasteiger charge is -2.45. The van der Waals surface area contributed by atoms with Gasteiger partial charge in [-0.05, 0) is 30.2 Å². The maximum atomic E-state index is 12.1. The minimum atomic E-state index is -4.63. The van der Waals surface area contributed by atoms with Crippen LogP contribution in [0, 0.1) is 11.8 Å². The normalized spacial score (nSPS) is 29.5. The van der Waals surface area contributed by atoms with Crippen molar-refractivity contribution in [2.45, 2.75) is 31.8 Å². The van der Waals surface area contributed by atoms with Crippen LogP contribution in [0.2, 0.25) is 0 Å². The van der Waals surface area contributed by atoms with Gasteiger partial charge in [-0.25, -0.2) is 0 Å². The molecule has 0 aliphatic carbocycles. The van der Waals surface area contributed by atoms with E-state index in [1.165, 1.54) is 38.1 Å². The van der Waals surface area contributed by atoms with Crippen molar-refractivity contribution in [3.8, 4) is 5.75 Å². The van der Waals surface area contributed by atoms with Crippen molar-refractivity contribution in [1.82, 2.24) is 0 Å². The quantitative estimate of drug-likeness (QED) is 0.746. The molecule has 3 aliphatic rings. The lowest BCUT2D eigenvalue weighted by Crippen LogP contribution is -3.21. The van der Waals surface area contributed by atoms with Gasteiger partial charge in [-0.15, -0.1) is 19.8 Å². The van der Waals surface area contributed by atoms with E-state index in [0.29, 0.717) is 12.0 Å². The molecule has 132 valence electrons. The summed E-state index contributed by atoms with van der Waals surface area (Å²) in [6.45, 7) is 8.27. The van der Waals surface area contributed by atoms with Crippen LogP contribution in [-0.2, 0) is 6.54 Å². The Morgan fingerprint density at radius 2 is 2.04 bits per heavy atom. The van der Waals surface area contributed by atoms with Crippen molar-refractivity contribution in [1.29, 1.82) is 0 Å². The second-order valence-electron chi connectivity index (χ2n) is 6.91. The van der Waals surface area contributed by atoms with Crippen LogP contribution in [-0.4, -0.2) is 32.0 Å². The number of nitrogens with one attached hydrogen (secondary N) is 1. The number of hydrogen-bond acceptors (Lipinski definition) is 1. The molecule has 3 saturated heterocycles. The molecule has 4 rings (SSSR count). The van der Waals surface area contributed by atoms with Crippen LogP contribution in [0.25, 0.3) is 0 Å². The van der Waals surface area contributed by atoms with Crippen LogP contribution in [0.3, 0.4) is 0 Å². The van der Waals surface area contributed by atoms with Crippen LogP contribution >= 0.6 is 0 Å². The van der Waals surface area contributed by atoms with Gasteiger partial charge in [0.1, 0.15) is 24.9 Å². The van der Waals surface area contributed by atoms with E-state index in [9.17, 15) is 13.2 Å². The molecular formula is C18H25F3N2O+2. The van der Waals surface area contributed by atoms with E-state index in [1.807, 2.05) is 0 Å². The van der Waals surface area contributed by atoms with E-state index < -0.39 is 6.36 Å². The van der Waals surface area contributed by atoms with E-state index in [4.69, 9.17) is 0 Å². The summed E-state index contributed by atoms with van der Waals surface area (Å²) in [5.41, 5.74) is 1.01. The van der Waals surface area contributed by atoms with Crippen molar-refractivity contribution >= 4 is 0 Å². The van der Waals surface area contributed by atoms with Crippen LogP contribution in [0.5, 0.6) is 5.75 Å². The summed E-state index contributed by atoms with van der Waals surface area (Å²) in [6.07, 6.45) is 0.0624. The molecule has 0 amide bonds. The topological polar surface area (TPSA) is 30.3 Å². The molecule has 0 radical (unpaired) electrons. The van der Waals surface area contributed by atoms with Gasteiger partial charge in [0.25, 0.3) is 0 Å². The first-order valence-corrected chi connectivity index (χ1v) is 8.58. The molecule has 3 aliphatic heterocycles. The Morgan fingerprint density at radius 1 is 1.29 bits per heavy atom. The number of nitrogens with two attached hydrogens (primary N) is 1. The Labute approximate surface area is 140 Å². The Hall–Kier alpha value is -1.53. The lowest BCUT2D eigenvalue weighted by atomic mass is 9.75. The van der Waals surface area contributed by atoms with Gasteiger partial charge < -0.3 is 15.0 Å². The molecule has 0 saturated carbocycles. The van der Waals surface area contributed by atoms with Gasteiger partial charge in [0.15, 0.2) is 0 Å². The zero-order chi connectivity index (χ0) is 17.2. The summed E-state index contributed by atoms with van der Waals surface area (Å²) >= 11 is 0. The van der Waals surface area contributed by atoms with E-state index in [1.54, 1.807) is 17.0 Å². The third-order valence-electron chi connectivity index (χ3n) is 5.40. The highest BCUT2D eigenvalue weighted by Gasteiger charge is 2.42. The number of fused-ring (bicyclic) bond motifs is 3. The molecule has 0 aromatic heterocycles. The van der Waals surface area contributed by atoms with Crippen molar-refractivity contribution in [3.63, 3.8) is 0 Å². The first-order valence-electron chi connectivity index (χ1n) is 8.58. The minimum Gasteiger partial charge on any atom is -0.406 e. The summed E-state index contributed by atoms with van der Waals surface area (Å²) in [6, 6.07) is 6.84. The molecule has 3 fully saturated rings. The molecule has 3 N–H and O–H groups in total. The summed E-state index contributed by atoms with van der Waals surface area (Å²) < 4.78 is 40.3. The third-order valence-corrected chi connectivity index (χ3v) is 5.40. The monoisotopic (exact) mass is 342 g/mol. The number of alkyl halides is 3. The van der Waals surface area contributed by atoms with E-state index >= 15 is 0 Å². The Morgan fingerprint density at radius 3 is 2.62 bits per heavy atom. The average Bonchev–Trinajstić information content (AvgIpc) is 2.55. The summed E-state index contributed by atoms with van der Waals surface area (Å²) in [7, 11) is 0. The second-order valence-corrected chi connectivity index (χ2v) is 6.91. The van der Waals surface area contributed by atoms with Crippen molar-refractivity contribution < 1.29 is 28.1 Å². The smallest absolute Gasteiger partial charge is 0.406 e. The van der Waals surface area contributed by atoms with Crippen LogP contribution in [0.1, 0.15) is 18.4 Å². The largest absolute Gasteiger partial charge is 0.573 e. The molecule has 1 unspecified atom stereocenters. The standard InChI is InChI=1S/C18H23F3N2O/c1-2-14-12-23-8-7-15(14)9-16(23)11-22-10-13-3-5-17(6-4-13)24-18(19,20)21/h2-6,14-16,22H,1,7-12H2/p+2/t14-,15-,16+/m0/s1. The van der Waals surface area contributed by atoms with Crippen molar-refractivity contribution in [2.24, 2.45) is 11.8 Å². The fraction of sp³-hybridized carbons (Fsp3) is 0.556. The number of halogens is 3. The first-order chi connectivity index (χ1) is 11.4.